The number of hydrogen-bond acceptors (Lipinski definition) is 3. The van der Waals surface area contributed by atoms with E-state index in [1.165, 1.54) is 0 Å². The van der Waals surface area contributed by atoms with E-state index in [2.05, 4.69) is 22.9 Å². The van der Waals surface area contributed by atoms with E-state index in [0.717, 1.165) is 27.8 Å². The molecule has 0 unspecified atom stereocenters. The van der Waals surface area contributed by atoms with E-state index < -0.39 is 5.97 Å². The zero-order chi connectivity index (χ0) is 13.6. The van der Waals surface area contributed by atoms with Crippen LogP contribution in [0.3, 0.4) is 0 Å². The molecule has 4 heteroatoms. The van der Waals surface area contributed by atoms with E-state index in [9.17, 15) is 4.79 Å². The minimum Gasteiger partial charge on any atom is -0.481 e. The second-order valence-corrected chi connectivity index (χ2v) is 5.13. The SMILES string of the molecule is Cc1nc2ccccc2c(N2CC(C(=O)O)C2)c1C. The van der Waals surface area contributed by atoms with Gasteiger partial charge in [0.15, 0.2) is 0 Å². The summed E-state index contributed by atoms with van der Waals surface area (Å²) in [4.78, 5) is 17.7. The number of carbonyl (C=O) groups is 1. The zero-order valence-corrected chi connectivity index (χ0v) is 11.1. The van der Waals surface area contributed by atoms with E-state index in [1.54, 1.807) is 0 Å². The van der Waals surface area contributed by atoms with E-state index in [-0.39, 0.29) is 5.92 Å². The van der Waals surface area contributed by atoms with Crippen molar-refractivity contribution in [1.29, 1.82) is 0 Å². The molecule has 4 nitrogen and oxygen atoms in total. The highest BCUT2D eigenvalue weighted by Gasteiger charge is 2.34. The van der Waals surface area contributed by atoms with Gasteiger partial charge in [-0.25, -0.2) is 0 Å². The van der Waals surface area contributed by atoms with Gasteiger partial charge in [0.05, 0.1) is 17.1 Å². The Balaban J connectivity index is 2.08. The molecule has 2 aromatic rings. The van der Waals surface area contributed by atoms with E-state index in [4.69, 9.17) is 5.11 Å². The van der Waals surface area contributed by atoms with Gasteiger partial charge in [-0.3, -0.25) is 9.78 Å². The Morgan fingerprint density at radius 2 is 2.00 bits per heavy atom. The molecule has 1 aliphatic rings. The highest BCUT2D eigenvalue weighted by atomic mass is 16.4. The third-order valence-electron chi connectivity index (χ3n) is 3.89. The van der Waals surface area contributed by atoms with E-state index >= 15 is 0 Å². The summed E-state index contributed by atoms with van der Waals surface area (Å²) in [6.45, 7) is 5.23. The lowest BCUT2D eigenvalue weighted by atomic mass is 9.96. The molecule has 1 aliphatic heterocycles. The molecule has 0 atom stereocenters. The molecule has 0 bridgehead atoms. The van der Waals surface area contributed by atoms with Crippen LogP contribution in [-0.4, -0.2) is 29.1 Å². The highest BCUT2D eigenvalue weighted by Crippen LogP contribution is 2.35. The molecule has 3 rings (SSSR count). The van der Waals surface area contributed by atoms with Gasteiger partial charge < -0.3 is 10.0 Å². The summed E-state index contributed by atoms with van der Waals surface area (Å²) in [5.41, 5.74) is 4.26. The Labute approximate surface area is 111 Å². The first-order chi connectivity index (χ1) is 9.08. The lowest BCUT2D eigenvalue weighted by molar-refractivity contribution is -0.142. The van der Waals surface area contributed by atoms with Crippen molar-refractivity contribution in [2.24, 2.45) is 5.92 Å². The first-order valence-corrected chi connectivity index (χ1v) is 6.41. The van der Waals surface area contributed by atoms with E-state index in [1.807, 2.05) is 25.1 Å². The third-order valence-corrected chi connectivity index (χ3v) is 3.89. The van der Waals surface area contributed by atoms with Crippen LogP contribution in [0.15, 0.2) is 24.3 Å². The number of para-hydroxylation sites is 1. The summed E-state index contributed by atoms with van der Waals surface area (Å²) < 4.78 is 0. The summed E-state index contributed by atoms with van der Waals surface area (Å²) in [7, 11) is 0. The lowest BCUT2D eigenvalue weighted by Crippen LogP contribution is -2.50. The standard InChI is InChI=1S/C15H16N2O2/c1-9-10(2)16-13-6-4-3-5-12(13)14(9)17-7-11(8-17)15(18)19/h3-6,11H,7-8H2,1-2H3,(H,18,19). The van der Waals surface area contributed by atoms with Gasteiger partial charge in [0.1, 0.15) is 0 Å². The minimum atomic E-state index is -0.705. The van der Waals surface area contributed by atoms with Crippen molar-refractivity contribution in [2.75, 3.05) is 18.0 Å². The fourth-order valence-corrected chi connectivity index (χ4v) is 2.63. The Morgan fingerprint density at radius 1 is 1.32 bits per heavy atom. The van der Waals surface area contributed by atoms with Gasteiger partial charge in [0.2, 0.25) is 0 Å². The van der Waals surface area contributed by atoms with Crippen LogP contribution in [0.4, 0.5) is 5.69 Å². The average molecular weight is 256 g/mol. The summed E-state index contributed by atoms with van der Waals surface area (Å²) >= 11 is 0. The third kappa shape index (κ3) is 1.84. The maximum Gasteiger partial charge on any atom is 0.310 e. The lowest BCUT2D eigenvalue weighted by Gasteiger charge is -2.40. The van der Waals surface area contributed by atoms with Gasteiger partial charge >= 0.3 is 5.97 Å². The fourth-order valence-electron chi connectivity index (χ4n) is 2.63. The minimum absolute atomic E-state index is 0.244. The van der Waals surface area contributed by atoms with Gasteiger partial charge in [-0.05, 0) is 25.5 Å². The summed E-state index contributed by atoms with van der Waals surface area (Å²) in [6, 6.07) is 8.03. The number of nitrogens with zero attached hydrogens (tertiary/aromatic N) is 2. The second-order valence-electron chi connectivity index (χ2n) is 5.13. The van der Waals surface area contributed by atoms with Crippen LogP contribution in [0.2, 0.25) is 0 Å². The van der Waals surface area contributed by atoms with Crippen molar-refractivity contribution >= 4 is 22.6 Å². The Morgan fingerprint density at radius 3 is 2.68 bits per heavy atom. The molecule has 19 heavy (non-hydrogen) atoms. The van der Waals surface area contributed by atoms with Crippen LogP contribution in [0.1, 0.15) is 11.3 Å². The molecule has 1 aromatic carbocycles. The maximum absolute atomic E-state index is 10.9. The first kappa shape index (κ1) is 12.0. The van der Waals surface area contributed by atoms with Crippen molar-refractivity contribution in [3.63, 3.8) is 0 Å². The molecule has 1 fully saturated rings. The van der Waals surface area contributed by atoms with Crippen molar-refractivity contribution in [3.8, 4) is 0 Å². The second kappa shape index (κ2) is 4.23. The smallest absolute Gasteiger partial charge is 0.310 e. The largest absolute Gasteiger partial charge is 0.481 e. The quantitative estimate of drug-likeness (QED) is 0.896. The van der Waals surface area contributed by atoms with E-state index in [0.29, 0.717) is 13.1 Å². The molecule has 2 heterocycles. The molecule has 0 aliphatic carbocycles. The monoisotopic (exact) mass is 256 g/mol. The number of fused-ring (bicyclic) bond motifs is 1. The van der Waals surface area contributed by atoms with Crippen molar-refractivity contribution in [3.05, 3.63) is 35.5 Å². The average Bonchev–Trinajstić information content (AvgIpc) is 2.31. The number of pyridine rings is 1. The molecule has 1 aromatic heterocycles. The van der Waals surface area contributed by atoms with Crippen LogP contribution in [0.5, 0.6) is 0 Å². The number of rotatable bonds is 2. The summed E-state index contributed by atoms with van der Waals surface area (Å²) in [6.07, 6.45) is 0. The van der Waals surface area contributed by atoms with Crippen LogP contribution in [0, 0.1) is 19.8 Å². The Hall–Kier alpha value is -2.10. The number of carboxylic acid groups (broad SMARTS) is 1. The number of aromatic nitrogens is 1. The number of aryl methyl sites for hydroxylation is 1. The van der Waals surface area contributed by atoms with Gasteiger partial charge in [-0.1, -0.05) is 18.2 Å². The van der Waals surface area contributed by atoms with Crippen molar-refractivity contribution in [2.45, 2.75) is 13.8 Å². The Bertz CT molecular complexity index is 660. The first-order valence-electron chi connectivity index (χ1n) is 6.41. The van der Waals surface area contributed by atoms with Gasteiger partial charge in [0, 0.05) is 24.2 Å². The van der Waals surface area contributed by atoms with Crippen LogP contribution < -0.4 is 4.90 Å². The number of benzene rings is 1. The van der Waals surface area contributed by atoms with Crippen molar-refractivity contribution < 1.29 is 9.90 Å². The zero-order valence-electron chi connectivity index (χ0n) is 11.1. The summed E-state index contributed by atoms with van der Waals surface area (Å²) in [5, 5.41) is 10.1. The topological polar surface area (TPSA) is 53.4 Å². The molecule has 1 N–H and O–H groups in total. The molecular formula is C15H16N2O2. The molecule has 0 saturated carbocycles. The number of carboxylic acids is 1. The normalized spacial score (nSPS) is 15.6. The van der Waals surface area contributed by atoms with Crippen LogP contribution in [-0.2, 0) is 4.79 Å². The highest BCUT2D eigenvalue weighted by molar-refractivity contribution is 5.94. The molecule has 0 amide bonds. The molecule has 98 valence electrons. The summed E-state index contributed by atoms with van der Waals surface area (Å²) in [5.74, 6) is -0.948. The number of anilines is 1. The Kier molecular flexibility index (Phi) is 2.66. The van der Waals surface area contributed by atoms with Gasteiger partial charge in [-0.2, -0.15) is 0 Å². The number of aliphatic carboxylic acids is 1. The maximum atomic E-state index is 10.9. The predicted octanol–water partition coefficient (Wildman–Crippen LogP) is 2.37. The molecule has 0 radical (unpaired) electrons. The number of hydrogen-bond donors (Lipinski definition) is 1. The fraction of sp³-hybridized carbons (Fsp3) is 0.333. The van der Waals surface area contributed by atoms with Gasteiger partial charge in [-0.15, -0.1) is 0 Å². The van der Waals surface area contributed by atoms with Crippen molar-refractivity contribution in [1.82, 2.24) is 4.98 Å². The molecule has 1 saturated heterocycles. The van der Waals surface area contributed by atoms with Crippen LogP contribution in [0.25, 0.3) is 10.9 Å². The molecular weight excluding hydrogens is 240 g/mol. The molecule has 0 spiro atoms. The van der Waals surface area contributed by atoms with Crippen LogP contribution >= 0.6 is 0 Å². The predicted molar refractivity (Wildman–Crippen MR) is 74.6 cm³/mol. The van der Waals surface area contributed by atoms with Gasteiger partial charge in [0.25, 0.3) is 0 Å².